The van der Waals surface area contributed by atoms with Gasteiger partial charge in [0.25, 0.3) is 0 Å². The number of carbonyl (C=O) groups excluding carboxylic acids is 3. The summed E-state index contributed by atoms with van der Waals surface area (Å²) in [6.07, 6.45) is 3.71. The average Bonchev–Trinajstić information content (AvgIpc) is 2.88. The molecule has 0 bridgehead atoms. The first-order chi connectivity index (χ1) is 17.4. The number of pyridine rings is 1. The van der Waals surface area contributed by atoms with E-state index in [9.17, 15) is 14.4 Å². The number of anilines is 1. The molecule has 0 aliphatic carbocycles. The van der Waals surface area contributed by atoms with E-state index in [0.29, 0.717) is 25.2 Å². The number of piperidine rings is 1. The number of nitrogens with zero attached hydrogens (tertiary/aromatic N) is 2. The first-order valence-corrected chi connectivity index (χ1v) is 12.5. The number of hydrogen-bond donors (Lipinski definition) is 6. The van der Waals surface area contributed by atoms with E-state index in [-0.39, 0.29) is 37.2 Å². The van der Waals surface area contributed by atoms with Crippen LogP contribution in [0.5, 0.6) is 0 Å². The van der Waals surface area contributed by atoms with Crippen LogP contribution in [-0.4, -0.2) is 79.0 Å². The molecule has 1 aromatic carbocycles. The van der Waals surface area contributed by atoms with Crippen molar-refractivity contribution in [2.45, 2.75) is 37.8 Å². The second-order valence-corrected chi connectivity index (χ2v) is 9.16. The number of carbonyl (C=O) groups is 3. The fourth-order valence-electron chi connectivity index (χ4n) is 4.41. The molecule has 2 aromatic rings. The maximum Gasteiger partial charge on any atom is 0.247 e. The van der Waals surface area contributed by atoms with Crippen molar-refractivity contribution in [1.29, 1.82) is 0 Å². The molecule has 9 N–H and O–H groups in total. The molecule has 1 aliphatic heterocycles. The van der Waals surface area contributed by atoms with Crippen LogP contribution in [0.3, 0.4) is 0 Å². The molecule has 36 heavy (non-hydrogen) atoms. The van der Waals surface area contributed by atoms with E-state index in [1.54, 1.807) is 6.20 Å². The van der Waals surface area contributed by atoms with Gasteiger partial charge in [-0.05, 0) is 50.4 Å². The van der Waals surface area contributed by atoms with Crippen LogP contribution in [0.25, 0.3) is 10.9 Å². The summed E-state index contributed by atoms with van der Waals surface area (Å²) < 4.78 is 0. The van der Waals surface area contributed by atoms with Gasteiger partial charge in [0.1, 0.15) is 6.04 Å². The molecule has 2 atom stereocenters. The summed E-state index contributed by atoms with van der Waals surface area (Å²) in [7, 11) is 0. The Balaban J connectivity index is 1.67. The molecule has 2 heterocycles. The number of amides is 3. The van der Waals surface area contributed by atoms with Gasteiger partial charge in [0.2, 0.25) is 17.7 Å². The van der Waals surface area contributed by atoms with Crippen molar-refractivity contribution in [2.24, 2.45) is 23.1 Å². The predicted molar refractivity (Wildman–Crippen MR) is 140 cm³/mol. The zero-order valence-electron chi connectivity index (χ0n) is 20.6. The highest BCUT2D eigenvalue weighted by molar-refractivity contribution is 5.99. The first kappa shape index (κ1) is 27.5. The topological polar surface area (TPSA) is 181 Å². The van der Waals surface area contributed by atoms with Gasteiger partial charge in [0, 0.05) is 31.6 Å². The molecule has 1 saturated heterocycles. The molecule has 0 radical (unpaired) electrons. The number of para-hydroxylation sites is 1. The number of hydrogen-bond acceptors (Lipinski definition) is 8. The molecular formula is C25H38N8O3. The molecular weight excluding hydrogens is 460 g/mol. The van der Waals surface area contributed by atoms with Crippen molar-refractivity contribution in [3.63, 3.8) is 0 Å². The van der Waals surface area contributed by atoms with Gasteiger partial charge in [-0.25, -0.2) is 0 Å². The molecule has 0 unspecified atom stereocenters. The van der Waals surface area contributed by atoms with E-state index in [1.165, 1.54) is 4.90 Å². The van der Waals surface area contributed by atoms with Crippen LogP contribution in [-0.2, 0) is 14.4 Å². The summed E-state index contributed by atoms with van der Waals surface area (Å²) >= 11 is 0. The molecule has 1 fully saturated rings. The number of fused-ring (bicyclic) bond motifs is 1. The van der Waals surface area contributed by atoms with Crippen LogP contribution in [0.2, 0.25) is 0 Å². The largest absolute Gasteiger partial charge is 0.343 e. The maximum absolute atomic E-state index is 13.3. The molecule has 196 valence electrons. The van der Waals surface area contributed by atoms with Crippen molar-refractivity contribution in [2.75, 3.05) is 44.6 Å². The second-order valence-electron chi connectivity index (χ2n) is 9.16. The Morgan fingerprint density at radius 3 is 2.47 bits per heavy atom. The minimum absolute atomic E-state index is 0.192. The van der Waals surface area contributed by atoms with Crippen LogP contribution < -0.4 is 33.2 Å². The Kier molecular flexibility index (Phi) is 10.6. The van der Waals surface area contributed by atoms with Crippen molar-refractivity contribution >= 4 is 34.3 Å². The molecule has 0 saturated carbocycles. The van der Waals surface area contributed by atoms with Gasteiger partial charge >= 0.3 is 0 Å². The summed E-state index contributed by atoms with van der Waals surface area (Å²) in [5.41, 5.74) is 18.6. The highest BCUT2D eigenvalue weighted by Crippen LogP contribution is 2.20. The van der Waals surface area contributed by atoms with E-state index < -0.39 is 18.0 Å². The number of aromatic nitrogens is 1. The Labute approximate surface area is 211 Å². The Bertz CT molecular complexity index is 1020. The lowest BCUT2D eigenvalue weighted by molar-refractivity contribution is -0.134. The summed E-state index contributed by atoms with van der Waals surface area (Å²) in [4.78, 5) is 44.7. The van der Waals surface area contributed by atoms with E-state index in [1.807, 2.05) is 30.3 Å². The summed E-state index contributed by atoms with van der Waals surface area (Å²) in [5.74, 6) is -0.908. The minimum atomic E-state index is -1.10. The normalized spacial score (nSPS) is 15.8. The number of rotatable bonds is 12. The third-order valence-corrected chi connectivity index (χ3v) is 6.40. The Morgan fingerprint density at radius 1 is 1.08 bits per heavy atom. The lowest BCUT2D eigenvalue weighted by Gasteiger charge is -2.28. The van der Waals surface area contributed by atoms with Gasteiger partial charge in [-0.2, -0.15) is 0 Å². The van der Waals surface area contributed by atoms with Crippen LogP contribution in [0.15, 0.2) is 36.5 Å². The summed E-state index contributed by atoms with van der Waals surface area (Å²) in [6.45, 7) is 2.99. The van der Waals surface area contributed by atoms with Crippen molar-refractivity contribution in [3.8, 4) is 0 Å². The SMILES string of the molecule is NCCN(CCN)C(=O)C[C@H](N)C(=O)N[C@@H](CC1CCNCC1)C(=O)Nc1cnc2ccccc2c1. The zero-order chi connectivity index (χ0) is 25.9. The fourth-order valence-corrected chi connectivity index (χ4v) is 4.41. The highest BCUT2D eigenvalue weighted by atomic mass is 16.2. The van der Waals surface area contributed by atoms with Crippen LogP contribution in [0, 0.1) is 5.92 Å². The zero-order valence-corrected chi connectivity index (χ0v) is 20.6. The van der Waals surface area contributed by atoms with Crippen molar-refractivity contribution in [1.82, 2.24) is 20.5 Å². The number of nitrogens with two attached hydrogens (primary N) is 3. The lowest BCUT2D eigenvalue weighted by Crippen LogP contribution is -2.52. The second kappa shape index (κ2) is 13.8. The molecule has 0 spiro atoms. The van der Waals surface area contributed by atoms with Crippen LogP contribution >= 0.6 is 0 Å². The van der Waals surface area contributed by atoms with E-state index in [0.717, 1.165) is 36.8 Å². The number of benzene rings is 1. The van der Waals surface area contributed by atoms with Crippen LogP contribution in [0.4, 0.5) is 5.69 Å². The highest BCUT2D eigenvalue weighted by Gasteiger charge is 2.29. The molecule has 1 aliphatic rings. The average molecular weight is 499 g/mol. The van der Waals surface area contributed by atoms with Crippen molar-refractivity contribution in [3.05, 3.63) is 36.5 Å². The summed E-state index contributed by atoms with van der Waals surface area (Å²) in [5, 5.41) is 9.88. The molecule has 3 amide bonds. The Morgan fingerprint density at radius 2 is 1.78 bits per heavy atom. The van der Waals surface area contributed by atoms with Gasteiger partial charge in [-0.1, -0.05) is 18.2 Å². The van der Waals surface area contributed by atoms with Gasteiger partial charge in [-0.3, -0.25) is 19.4 Å². The van der Waals surface area contributed by atoms with Gasteiger partial charge in [0.05, 0.1) is 29.9 Å². The van der Waals surface area contributed by atoms with Gasteiger partial charge in [-0.15, -0.1) is 0 Å². The molecule has 11 heteroatoms. The Hall–Kier alpha value is -3.12. The first-order valence-electron chi connectivity index (χ1n) is 12.5. The third kappa shape index (κ3) is 7.95. The van der Waals surface area contributed by atoms with Gasteiger partial charge < -0.3 is 38.1 Å². The van der Waals surface area contributed by atoms with E-state index in [2.05, 4.69) is 20.9 Å². The smallest absolute Gasteiger partial charge is 0.247 e. The van der Waals surface area contributed by atoms with Crippen molar-refractivity contribution < 1.29 is 14.4 Å². The van der Waals surface area contributed by atoms with Gasteiger partial charge in [0.15, 0.2) is 0 Å². The van der Waals surface area contributed by atoms with E-state index >= 15 is 0 Å². The molecule has 11 nitrogen and oxygen atoms in total. The quantitative estimate of drug-likeness (QED) is 0.227. The number of nitrogens with one attached hydrogen (secondary N) is 3. The molecule has 3 rings (SSSR count). The summed E-state index contributed by atoms with van der Waals surface area (Å²) in [6, 6.07) is 7.57. The fraction of sp³-hybridized carbons (Fsp3) is 0.520. The van der Waals surface area contributed by atoms with Crippen LogP contribution in [0.1, 0.15) is 25.7 Å². The standard InChI is InChI=1S/C25H38N8O3/c26-7-11-33(12-8-27)23(34)15-20(28)24(35)32-22(13-17-5-9-29-10-6-17)25(36)31-19-14-18-3-1-2-4-21(18)30-16-19/h1-4,14,16-17,20,22,29H,5-13,15,26-28H2,(H,31,36)(H,32,35)/t20-,22-/m0/s1. The predicted octanol–water partition coefficient (Wildman–Crippen LogP) is -0.489. The minimum Gasteiger partial charge on any atom is -0.343 e. The van der Waals surface area contributed by atoms with E-state index in [4.69, 9.17) is 17.2 Å². The molecule has 1 aromatic heterocycles. The maximum atomic E-state index is 13.3. The monoisotopic (exact) mass is 498 g/mol. The third-order valence-electron chi connectivity index (χ3n) is 6.40. The lowest BCUT2D eigenvalue weighted by atomic mass is 9.90.